The Balaban J connectivity index is 2.30. The maximum absolute atomic E-state index is 11.0. The van der Waals surface area contributed by atoms with E-state index in [1.165, 1.54) is 6.07 Å². The molecular formula is C14H11N3O2. The standard InChI is InChI=1S/C14H11N3O2/c1-9-4-2-3-5-10(9)12-6-7-15-13-8-11(14(18)19)16-17(12)13/h2-8H,1H3,(H,18,19). The molecule has 5 heteroatoms. The number of carbonyl (C=O) groups is 1. The van der Waals surface area contributed by atoms with E-state index in [0.717, 1.165) is 16.8 Å². The van der Waals surface area contributed by atoms with Gasteiger partial charge in [0.15, 0.2) is 11.3 Å². The van der Waals surface area contributed by atoms with E-state index in [1.807, 2.05) is 37.3 Å². The highest BCUT2D eigenvalue weighted by atomic mass is 16.4. The largest absolute Gasteiger partial charge is 0.476 e. The van der Waals surface area contributed by atoms with Crippen LogP contribution in [-0.4, -0.2) is 25.7 Å². The van der Waals surface area contributed by atoms with Gasteiger partial charge in [-0.3, -0.25) is 0 Å². The van der Waals surface area contributed by atoms with Gasteiger partial charge >= 0.3 is 5.97 Å². The predicted molar refractivity (Wildman–Crippen MR) is 70.1 cm³/mol. The van der Waals surface area contributed by atoms with E-state index in [9.17, 15) is 4.79 Å². The van der Waals surface area contributed by atoms with Crippen molar-refractivity contribution in [2.45, 2.75) is 6.92 Å². The van der Waals surface area contributed by atoms with Crippen molar-refractivity contribution in [3.63, 3.8) is 0 Å². The minimum absolute atomic E-state index is 0.00599. The molecule has 0 amide bonds. The van der Waals surface area contributed by atoms with Gasteiger partial charge in [0.2, 0.25) is 0 Å². The molecule has 2 heterocycles. The fraction of sp³-hybridized carbons (Fsp3) is 0.0714. The minimum Gasteiger partial charge on any atom is -0.476 e. The smallest absolute Gasteiger partial charge is 0.356 e. The fourth-order valence-electron chi connectivity index (χ4n) is 2.06. The Hall–Kier alpha value is -2.69. The van der Waals surface area contributed by atoms with E-state index in [-0.39, 0.29) is 5.69 Å². The molecule has 0 unspecified atom stereocenters. The molecule has 3 aromatic rings. The van der Waals surface area contributed by atoms with Gasteiger partial charge in [-0.1, -0.05) is 24.3 Å². The van der Waals surface area contributed by atoms with Gasteiger partial charge in [-0.25, -0.2) is 14.3 Å². The van der Waals surface area contributed by atoms with Gasteiger partial charge in [-0.15, -0.1) is 0 Å². The maximum atomic E-state index is 11.0. The number of carboxylic acid groups (broad SMARTS) is 1. The lowest BCUT2D eigenvalue weighted by molar-refractivity contribution is 0.0690. The molecule has 3 rings (SSSR count). The van der Waals surface area contributed by atoms with Crippen LogP contribution < -0.4 is 0 Å². The van der Waals surface area contributed by atoms with E-state index < -0.39 is 5.97 Å². The van der Waals surface area contributed by atoms with Gasteiger partial charge < -0.3 is 5.11 Å². The van der Waals surface area contributed by atoms with E-state index in [4.69, 9.17) is 5.11 Å². The zero-order chi connectivity index (χ0) is 13.4. The minimum atomic E-state index is -1.05. The second-order valence-corrected chi connectivity index (χ2v) is 4.25. The van der Waals surface area contributed by atoms with Crippen LogP contribution in [0.3, 0.4) is 0 Å². The van der Waals surface area contributed by atoms with E-state index in [0.29, 0.717) is 5.65 Å². The first-order valence-corrected chi connectivity index (χ1v) is 5.81. The molecule has 19 heavy (non-hydrogen) atoms. The second kappa shape index (κ2) is 4.20. The number of fused-ring (bicyclic) bond motifs is 1. The van der Waals surface area contributed by atoms with Crippen molar-refractivity contribution in [1.82, 2.24) is 14.6 Å². The number of hydrogen-bond acceptors (Lipinski definition) is 3. The average molecular weight is 253 g/mol. The number of carboxylic acids is 1. The molecule has 0 aliphatic heterocycles. The molecule has 2 aromatic heterocycles. The van der Waals surface area contributed by atoms with Crippen LogP contribution in [0.15, 0.2) is 42.6 Å². The summed E-state index contributed by atoms with van der Waals surface area (Å²) < 4.78 is 1.56. The Morgan fingerprint density at radius 3 is 2.79 bits per heavy atom. The molecule has 0 spiro atoms. The molecule has 0 bridgehead atoms. The van der Waals surface area contributed by atoms with Gasteiger partial charge in [0.25, 0.3) is 0 Å². The molecule has 0 aliphatic rings. The van der Waals surface area contributed by atoms with Crippen LogP contribution in [-0.2, 0) is 0 Å². The van der Waals surface area contributed by atoms with Gasteiger partial charge in [0, 0.05) is 17.8 Å². The van der Waals surface area contributed by atoms with E-state index >= 15 is 0 Å². The highest BCUT2D eigenvalue weighted by Crippen LogP contribution is 2.23. The van der Waals surface area contributed by atoms with Crippen molar-refractivity contribution in [2.75, 3.05) is 0 Å². The first kappa shape index (κ1) is 11.4. The molecule has 0 fully saturated rings. The number of rotatable bonds is 2. The van der Waals surface area contributed by atoms with Gasteiger partial charge in [-0.2, -0.15) is 5.10 Å². The third-order valence-corrected chi connectivity index (χ3v) is 3.00. The third kappa shape index (κ3) is 1.85. The molecule has 0 radical (unpaired) electrons. The Morgan fingerprint density at radius 1 is 1.26 bits per heavy atom. The van der Waals surface area contributed by atoms with Gasteiger partial charge in [0.05, 0.1) is 5.69 Å². The average Bonchev–Trinajstić information content (AvgIpc) is 2.83. The summed E-state index contributed by atoms with van der Waals surface area (Å²) in [6.07, 6.45) is 1.66. The third-order valence-electron chi connectivity index (χ3n) is 3.00. The number of aryl methyl sites for hydroxylation is 1. The Morgan fingerprint density at radius 2 is 2.05 bits per heavy atom. The SMILES string of the molecule is Cc1ccccc1-c1ccnc2cc(C(=O)O)nn12. The summed E-state index contributed by atoms with van der Waals surface area (Å²) in [6.45, 7) is 2.00. The van der Waals surface area contributed by atoms with Crippen molar-refractivity contribution >= 4 is 11.6 Å². The highest BCUT2D eigenvalue weighted by molar-refractivity contribution is 5.87. The highest BCUT2D eigenvalue weighted by Gasteiger charge is 2.13. The fourth-order valence-corrected chi connectivity index (χ4v) is 2.06. The molecule has 1 aromatic carbocycles. The number of aromatic carboxylic acids is 1. The number of hydrogen-bond donors (Lipinski definition) is 1. The van der Waals surface area contributed by atoms with E-state index in [1.54, 1.807) is 10.7 Å². The molecule has 0 saturated carbocycles. The molecular weight excluding hydrogens is 242 g/mol. The van der Waals surface area contributed by atoms with Crippen LogP contribution in [0.5, 0.6) is 0 Å². The van der Waals surface area contributed by atoms with Crippen LogP contribution in [0.1, 0.15) is 16.1 Å². The molecule has 0 atom stereocenters. The van der Waals surface area contributed by atoms with Crippen LogP contribution in [0.4, 0.5) is 0 Å². The second-order valence-electron chi connectivity index (χ2n) is 4.25. The van der Waals surface area contributed by atoms with Gasteiger partial charge in [0.1, 0.15) is 0 Å². The summed E-state index contributed by atoms with van der Waals surface area (Å²) in [5, 5.41) is 13.1. The van der Waals surface area contributed by atoms with Crippen molar-refractivity contribution in [1.29, 1.82) is 0 Å². The molecule has 5 nitrogen and oxygen atoms in total. The number of nitrogens with zero attached hydrogens (tertiary/aromatic N) is 3. The first-order chi connectivity index (χ1) is 9.16. The molecule has 94 valence electrons. The Bertz CT molecular complexity index is 777. The molecule has 1 N–H and O–H groups in total. The Kier molecular flexibility index (Phi) is 2.52. The quantitative estimate of drug-likeness (QED) is 0.761. The summed E-state index contributed by atoms with van der Waals surface area (Å²) in [5.74, 6) is -1.05. The Labute approximate surface area is 109 Å². The predicted octanol–water partition coefficient (Wildman–Crippen LogP) is 2.40. The first-order valence-electron chi connectivity index (χ1n) is 5.81. The lowest BCUT2D eigenvalue weighted by Gasteiger charge is -2.07. The van der Waals surface area contributed by atoms with E-state index in [2.05, 4.69) is 10.1 Å². The summed E-state index contributed by atoms with van der Waals surface area (Å²) in [7, 11) is 0. The van der Waals surface area contributed by atoms with Gasteiger partial charge in [-0.05, 0) is 18.6 Å². The van der Waals surface area contributed by atoms with Crippen molar-refractivity contribution in [3.8, 4) is 11.3 Å². The topological polar surface area (TPSA) is 67.5 Å². The van der Waals surface area contributed by atoms with Crippen LogP contribution in [0.25, 0.3) is 16.9 Å². The van der Waals surface area contributed by atoms with Crippen molar-refractivity contribution < 1.29 is 9.90 Å². The van der Waals surface area contributed by atoms with Crippen molar-refractivity contribution in [3.05, 3.63) is 53.9 Å². The molecule has 0 saturated heterocycles. The number of benzene rings is 1. The zero-order valence-electron chi connectivity index (χ0n) is 10.2. The summed E-state index contributed by atoms with van der Waals surface area (Å²) in [5.41, 5.74) is 3.46. The monoisotopic (exact) mass is 253 g/mol. The van der Waals surface area contributed by atoms with Crippen molar-refractivity contribution in [2.24, 2.45) is 0 Å². The summed E-state index contributed by atoms with van der Waals surface area (Å²) in [6, 6.07) is 11.2. The lowest BCUT2D eigenvalue weighted by atomic mass is 10.1. The zero-order valence-corrected chi connectivity index (χ0v) is 10.2. The van der Waals surface area contributed by atoms with Crippen LogP contribution in [0.2, 0.25) is 0 Å². The lowest BCUT2D eigenvalue weighted by Crippen LogP contribution is -2.00. The van der Waals surface area contributed by atoms with Crippen LogP contribution >= 0.6 is 0 Å². The normalized spacial score (nSPS) is 10.8. The summed E-state index contributed by atoms with van der Waals surface area (Å²) in [4.78, 5) is 15.1. The summed E-state index contributed by atoms with van der Waals surface area (Å²) >= 11 is 0. The maximum Gasteiger partial charge on any atom is 0.356 e. The van der Waals surface area contributed by atoms with Crippen LogP contribution in [0, 0.1) is 6.92 Å². The molecule has 0 aliphatic carbocycles. The number of aromatic nitrogens is 3.